The molecule has 1 saturated heterocycles. The number of hydrogen-bond donors (Lipinski definition) is 1. The predicted octanol–water partition coefficient (Wildman–Crippen LogP) is 3.91. The predicted molar refractivity (Wildman–Crippen MR) is 74.9 cm³/mol. The molecule has 0 bridgehead atoms. The number of nitrogens with zero attached hydrogens (tertiary/aromatic N) is 1. The van der Waals surface area contributed by atoms with Gasteiger partial charge in [-0.15, -0.1) is 0 Å². The van der Waals surface area contributed by atoms with E-state index in [1.807, 2.05) is 0 Å². The third kappa shape index (κ3) is 3.88. The molecule has 2 nitrogen and oxygen atoms in total. The Hall–Kier alpha value is -1.23. The van der Waals surface area contributed by atoms with Crippen LogP contribution >= 0.6 is 0 Å². The second kappa shape index (κ2) is 6.04. The van der Waals surface area contributed by atoms with Crippen LogP contribution in [0.5, 0.6) is 0 Å². The molecule has 0 radical (unpaired) electrons. The first-order chi connectivity index (χ1) is 9.36. The van der Waals surface area contributed by atoms with E-state index in [0.717, 1.165) is 32.4 Å². The topological polar surface area (TPSA) is 15.3 Å². The molecule has 0 aliphatic carbocycles. The Balaban J connectivity index is 2.10. The molecular formula is C15H21F3N2. The summed E-state index contributed by atoms with van der Waals surface area (Å²) in [5.41, 5.74) is 0.286. The average Bonchev–Trinajstić information content (AvgIpc) is 2.55. The van der Waals surface area contributed by atoms with Crippen LogP contribution in [-0.4, -0.2) is 31.1 Å². The van der Waals surface area contributed by atoms with E-state index in [1.165, 1.54) is 19.1 Å². The van der Waals surface area contributed by atoms with Crippen LogP contribution in [0, 0.1) is 6.92 Å². The standard InChI is InChI=1S/C15H21F3N2/c1-11-5-6-13(10-14(11)15(16,17)18)19-12-4-3-8-20(2)9-7-12/h5-6,10,12,19H,3-4,7-9H2,1-2H3. The van der Waals surface area contributed by atoms with E-state index in [4.69, 9.17) is 0 Å². The van der Waals surface area contributed by atoms with Gasteiger partial charge < -0.3 is 10.2 Å². The van der Waals surface area contributed by atoms with E-state index in [0.29, 0.717) is 5.69 Å². The van der Waals surface area contributed by atoms with Gasteiger partial charge in [0.25, 0.3) is 0 Å². The molecule has 1 N–H and O–H groups in total. The van der Waals surface area contributed by atoms with Crippen LogP contribution in [0.4, 0.5) is 18.9 Å². The van der Waals surface area contributed by atoms with Crippen LogP contribution in [0.3, 0.4) is 0 Å². The van der Waals surface area contributed by atoms with Gasteiger partial charge in [-0.25, -0.2) is 0 Å². The maximum atomic E-state index is 12.9. The van der Waals surface area contributed by atoms with E-state index in [-0.39, 0.29) is 11.6 Å². The van der Waals surface area contributed by atoms with Crippen LogP contribution in [0.1, 0.15) is 30.4 Å². The fourth-order valence-corrected chi connectivity index (χ4v) is 2.64. The molecule has 1 fully saturated rings. The van der Waals surface area contributed by atoms with E-state index < -0.39 is 11.7 Å². The van der Waals surface area contributed by atoms with Crippen molar-refractivity contribution >= 4 is 5.69 Å². The molecule has 20 heavy (non-hydrogen) atoms. The number of halogens is 3. The minimum Gasteiger partial charge on any atom is -0.382 e. The fraction of sp³-hybridized carbons (Fsp3) is 0.600. The lowest BCUT2D eigenvalue weighted by molar-refractivity contribution is -0.138. The molecule has 1 heterocycles. The summed E-state index contributed by atoms with van der Waals surface area (Å²) in [7, 11) is 2.08. The Morgan fingerprint density at radius 1 is 1.20 bits per heavy atom. The van der Waals surface area contributed by atoms with Crippen molar-refractivity contribution in [2.24, 2.45) is 0 Å². The number of alkyl halides is 3. The smallest absolute Gasteiger partial charge is 0.382 e. The quantitative estimate of drug-likeness (QED) is 0.886. The zero-order valence-corrected chi connectivity index (χ0v) is 11.9. The molecule has 1 aromatic rings. The van der Waals surface area contributed by atoms with Crippen molar-refractivity contribution < 1.29 is 13.2 Å². The number of nitrogens with one attached hydrogen (secondary N) is 1. The van der Waals surface area contributed by atoms with Crippen molar-refractivity contribution in [3.8, 4) is 0 Å². The number of benzene rings is 1. The Labute approximate surface area is 118 Å². The minimum atomic E-state index is -4.29. The molecular weight excluding hydrogens is 265 g/mol. The summed E-state index contributed by atoms with van der Waals surface area (Å²) in [5.74, 6) is 0. The van der Waals surface area contributed by atoms with Crippen molar-refractivity contribution in [1.82, 2.24) is 4.90 Å². The van der Waals surface area contributed by atoms with Crippen LogP contribution in [0.2, 0.25) is 0 Å². The normalized spacial score (nSPS) is 21.6. The van der Waals surface area contributed by atoms with Crippen molar-refractivity contribution in [2.75, 3.05) is 25.5 Å². The van der Waals surface area contributed by atoms with Crippen molar-refractivity contribution in [2.45, 2.75) is 38.4 Å². The van der Waals surface area contributed by atoms with E-state index in [9.17, 15) is 13.2 Å². The van der Waals surface area contributed by atoms with Crippen LogP contribution < -0.4 is 5.32 Å². The Kier molecular flexibility index (Phi) is 4.58. The van der Waals surface area contributed by atoms with E-state index in [2.05, 4.69) is 17.3 Å². The van der Waals surface area contributed by atoms with Gasteiger partial charge in [-0.1, -0.05) is 6.07 Å². The molecule has 5 heteroatoms. The maximum absolute atomic E-state index is 12.9. The van der Waals surface area contributed by atoms with Gasteiger partial charge in [0, 0.05) is 11.7 Å². The second-order valence-corrected chi connectivity index (χ2v) is 5.60. The fourth-order valence-electron chi connectivity index (χ4n) is 2.64. The first kappa shape index (κ1) is 15.2. The Bertz CT molecular complexity index is 457. The highest BCUT2D eigenvalue weighted by Gasteiger charge is 2.32. The minimum absolute atomic E-state index is 0.253. The number of likely N-dealkylation sites (tertiary alicyclic amines) is 1. The molecule has 0 aromatic heterocycles. The van der Waals surface area contributed by atoms with Crippen LogP contribution in [-0.2, 0) is 6.18 Å². The van der Waals surface area contributed by atoms with Crippen molar-refractivity contribution in [3.63, 3.8) is 0 Å². The van der Waals surface area contributed by atoms with Gasteiger partial charge in [0.2, 0.25) is 0 Å². The molecule has 0 saturated carbocycles. The summed E-state index contributed by atoms with van der Waals surface area (Å²) in [6.07, 6.45) is -1.25. The monoisotopic (exact) mass is 286 g/mol. The van der Waals surface area contributed by atoms with Crippen molar-refractivity contribution in [3.05, 3.63) is 29.3 Å². The molecule has 2 rings (SSSR count). The number of rotatable bonds is 2. The molecule has 0 amide bonds. The third-order valence-corrected chi connectivity index (χ3v) is 3.87. The molecule has 1 aromatic carbocycles. The average molecular weight is 286 g/mol. The first-order valence-corrected chi connectivity index (χ1v) is 6.99. The third-order valence-electron chi connectivity index (χ3n) is 3.87. The molecule has 1 aliphatic heterocycles. The molecule has 1 atom stereocenters. The van der Waals surface area contributed by atoms with Gasteiger partial charge >= 0.3 is 6.18 Å². The zero-order valence-electron chi connectivity index (χ0n) is 11.9. The number of anilines is 1. The highest BCUT2D eigenvalue weighted by Crippen LogP contribution is 2.33. The Morgan fingerprint density at radius 3 is 2.65 bits per heavy atom. The van der Waals surface area contributed by atoms with Gasteiger partial charge in [0.15, 0.2) is 0 Å². The SMILES string of the molecule is Cc1ccc(NC2CCCN(C)CC2)cc1C(F)(F)F. The molecule has 1 unspecified atom stereocenters. The van der Waals surface area contributed by atoms with E-state index in [1.54, 1.807) is 6.07 Å². The molecule has 1 aliphatic rings. The summed E-state index contributed by atoms with van der Waals surface area (Å²) in [5, 5.41) is 3.25. The number of hydrogen-bond acceptors (Lipinski definition) is 2. The highest BCUT2D eigenvalue weighted by atomic mass is 19.4. The van der Waals surface area contributed by atoms with Gasteiger partial charge in [-0.05, 0) is 64.0 Å². The summed E-state index contributed by atoms with van der Waals surface area (Å²) in [6.45, 7) is 3.53. The van der Waals surface area contributed by atoms with Crippen LogP contribution in [0.15, 0.2) is 18.2 Å². The van der Waals surface area contributed by atoms with Gasteiger partial charge in [-0.3, -0.25) is 0 Å². The van der Waals surface area contributed by atoms with Gasteiger partial charge in [0.05, 0.1) is 5.56 Å². The lowest BCUT2D eigenvalue weighted by atomic mass is 10.1. The zero-order chi connectivity index (χ0) is 14.8. The largest absolute Gasteiger partial charge is 0.416 e. The first-order valence-electron chi connectivity index (χ1n) is 6.99. The number of aryl methyl sites for hydroxylation is 1. The molecule has 112 valence electrons. The summed E-state index contributed by atoms with van der Waals surface area (Å²) < 4.78 is 38.7. The van der Waals surface area contributed by atoms with E-state index >= 15 is 0 Å². The summed E-state index contributed by atoms with van der Waals surface area (Å²) in [4.78, 5) is 2.26. The lowest BCUT2D eigenvalue weighted by Crippen LogP contribution is -2.23. The van der Waals surface area contributed by atoms with Crippen molar-refractivity contribution in [1.29, 1.82) is 0 Å². The lowest BCUT2D eigenvalue weighted by Gasteiger charge is -2.20. The summed E-state index contributed by atoms with van der Waals surface area (Å²) >= 11 is 0. The Morgan fingerprint density at radius 2 is 1.95 bits per heavy atom. The maximum Gasteiger partial charge on any atom is 0.416 e. The van der Waals surface area contributed by atoms with Gasteiger partial charge in [0.1, 0.15) is 0 Å². The summed E-state index contributed by atoms with van der Waals surface area (Å²) in [6, 6.07) is 4.75. The molecule has 0 spiro atoms. The van der Waals surface area contributed by atoms with Crippen LogP contribution in [0.25, 0.3) is 0 Å². The second-order valence-electron chi connectivity index (χ2n) is 5.60. The highest BCUT2D eigenvalue weighted by molar-refractivity contribution is 5.50. The van der Waals surface area contributed by atoms with Gasteiger partial charge in [-0.2, -0.15) is 13.2 Å².